The van der Waals surface area contributed by atoms with E-state index in [-0.39, 0.29) is 17.9 Å². The Kier molecular flexibility index (Phi) is 9.20. The molecule has 0 bridgehead atoms. The topological polar surface area (TPSA) is 49.4 Å². The molecule has 0 aromatic heterocycles. The molecule has 0 unspecified atom stereocenters. The standard InChI is InChI=1S/C24H31ClN2O2/c1-4-18(3)26-24(29)22(5-2)27(17-20-11-14-21(25)15-12-20)23(28)16-13-19-9-7-6-8-10-19/h6-12,14-15,18,22H,4-5,13,16-17H2,1-3H3,(H,26,29)/t18-,22+/m1/s1. The Balaban J connectivity index is 2.19. The van der Waals surface area contributed by atoms with Gasteiger partial charge in [0, 0.05) is 24.0 Å². The fraction of sp³-hybridized carbons (Fsp3) is 0.417. The molecule has 0 aliphatic heterocycles. The maximum absolute atomic E-state index is 13.2. The highest BCUT2D eigenvalue weighted by Gasteiger charge is 2.28. The number of halogens is 1. The monoisotopic (exact) mass is 414 g/mol. The first-order valence-electron chi connectivity index (χ1n) is 10.3. The lowest BCUT2D eigenvalue weighted by Crippen LogP contribution is -2.50. The Hall–Kier alpha value is -2.33. The third-order valence-corrected chi connectivity index (χ3v) is 5.38. The lowest BCUT2D eigenvalue weighted by Gasteiger charge is -2.31. The van der Waals surface area contributed by atoms with Crippen molar-refractivity contribution in [1.82, 2.24) is 10.2 Å². The summed E-state index contributed by atoms with van der Waals surface area (Å²) in [4.78, 5) is 27.8. The molecule has 0 saturated carbocycles. The van der Waals surface area contributed by atoms with Gasteiger partial charge < -0.3 is 10.2 Å². The van der Waals surface area contributed by atoms with E-state index in [1.54, 1.807) is 4.90 Å². The Morgan fingerprint density at radius 3 is 2.21 bits per heavy atom. The van der Waals surface area contributed by atoms with Gasteiger partial charge in [0.15, 0.2) is 0 Å². The summed E-state index contributed by atoms with van der Waals surface area (Å²) in [6, 6.07) is 16.9. The van der Waals surface area contributed by atoms with Gasteiger partial charge in [0.05, 0.1) is 0 Å². The Morgan fingerprint density at radius 1 is 0.966 bits per heavy atom. The summed E-state index contributed by atoms with van der Waals surface area (Å²) in [7, 11) is 0. The van der Waals surface area contributed by atoms with Crippen molar-refractivity contribution in [3.63, 3.8) is 0 Å². The number of amides is 2. The summed E-state index contributed by atoms with van der Waals surface area (Å²) in [5.74, 6) is -0.112. The first-order chi connectivity index (χ1) is 13.9. The Labute approximate surface area is 179 Å². The van der Waals surface area contributed by atoms with Gasteiger partial charge >= 0.3 is 0 Å². The minimum atomic E-state index is -0.497. The number of nitrogens with zero attached hydrogens (tertiary/aromatic N) is 1. The molecule has 4 nitrogen and oxygen atoms in total. The van der Waals surface area contributed by atoms with Crippen LogP contribution in [0.25, 0.3) is 0 Å². The molecule has 1 N–H and O–H groups in total. The van der Waals surface area contributed by atoms with E-state index < -0.39 is 6.04 Å². The van der Waals surface area contributed by atoms with Crippen LogP contribution in [0.5, 0.6) is 0 Å². The smallest absolute Gasteiger partial charge is 0.243 e. The quantitative estimate of drug-likeness (QED) is 0.595. The van der Waals surface area contributed by atoms with E-state index in [0.717, 1.165) is 17.5 Å². The Morgan fingerprint density at radius 2 is 1.62 bits per heavy atom. The van der Waals surface area contributed by atoms with Crippen molar-refractivity contribution in [3.8, 4) is 0 Å². The predicted molar refractivity (Wildman–Crippen MR) is 119 cm³/mol. The van der Waals surface area contributed by atoms with Crippen molar-refractivity contribution >= 4 is 23.4 Å². The lowest BCUT2D eigenvalue weighted by atomic mass is 10.1. The van der Waals surface area contributed by atoms with Crippen LogP contribution < -0.4 is 5.32 Å². The second kappa shape index (κ2) is 11.6. The van der Waals surface area contributed by atoms with Crippen LogP contribution in [0, 0.1) is 0 Å². The summed E-state index contributed by atoms with van der Waals surface area (Å²) in [5, 5.41) is 3.68. The van der Waals surface area contributed by atoms with Gasteiger partial charge in [0.2, 0.25) is 11.8 Å². The Bertz CT molecular complexity index is 777. The number of aryl methyl sites for hydroxylation is 1. The predicted octanol–water partition coefficient (Wildman–Crippen LogP) is 4.99. The van der Waals surface area contributed by atoms with Crippen molar-refractivity contribution in [1.29, 1.82) is 0 Å². The highest BCUT2D eigenvalue weighted by molar-refractivity contribution is 6.30. The SMILES string of the molecule is CC[C@@H](C)NC(=O)[C@H](CC)N(Cc1ccc(Cl)cc1)C(=O)CCc1ccccc1. The summed E-state index contributed by atoms with van der Waals surface area (Å²) in [6.07, 6.45) is 2.43. The fourth-order valence-corrected chi connectivity index (χ4v) is 3.31. The lowest BCUT2D eigenvalue weighted by molar-refractivity contribution is -0.141. The maximum Gasteiger partial charge on any atom is 0.243 e. The van der Waals surface area contributed by atoms with Gasteiger partial charge in [-0.05, 0) is 49.4 Å². The van der Waals surface area contributed by atoms with E-state index in [1.807, 2.05) is 75.4 Å². The molecule has 0 aliphatic rings. The molecule has 156 valence electrons. The maximum atomic E-state index is 13.2. The molecule has 2 atom stereocenters. The van der Waals surface area contributed by atoms with Gasteiger partial charge in [-0.3, -0.25) is 9.59 Å². The van der Waals surface area contributed by atoms with Crippen LogP contribution in [-0.2, 0) is 22.6 Å². The zero-order valence-electron chi connectivity index (χ0n) is 17.5. The molecular formula is C24H31ClN2O2. The van der Waals surface area contributed by atoms with Crippen molar-refractivity contribution in [3.05, 3.63) is 70.7 Å². The molecule has 0 spiro atoms. The van der Waals surface area contributed by atoms with Gasteiger partial charge in [-0.2, -0.15) is 0 Å². The number of hydrogen-bond acceptors (Lipinski definition) is 2. The molecule has 0 saturated heterocycles. The number of carbonyl (C=O) groups excluding carboxylic acids is 2. The molecular weight excluding hydrogens is 384 g/mol. The fourth-order valence-electron chi connectivity index (χ4n) is 3.19. The van der Waals surface area contributed by atoms with Crippen LogP contribution in [0.15, 0.2) is 54.6 Å². The third kappa shape index (κ3) is 7.21. The molecule has 0 aliphatic carbocycles. The minimum absolute atomic E-state index is 0.0186. The largest absolute Gasteiger partial charge is 0.352 e. The van der Waals surface area contributed by atoms with E-state index in [2.05, 4.69) is 5.32 Å². The molecule has 29 heavy (non-hydrogen) atoms. The van der Waals surface area contributed by atoms with E-state index in [9.17, 15) is 9.59 Å². The average molecular weight is 415 g/mol. The molecule has 0 fully saturated rings. The first-order valence-corrected chi connectivity index (χ1v) is 10.7. The number of carbonyl (C=O) groups is 2. The van der Waals surface area contributed by atoms with Crippen molar-refractivity contribution in [2.75, 3.05) is 0 Å². The van der Waals surface area contributed by atoms with Gasteiger partial charge in [-0.25, -0.2) is 0 Å². The van der Waals surface area contributed by atoms with Crippen LogP contribution in [0.1, 0.15) is 51.2 Å². The summed E-state index contributed by atoms with van der Waals surface area (Å²) in [6.45, 7) is 6.34. The summed E-state index contributed by atoms with van der Waals surface area (Å²) < 4.78 is 0. The van der Waals surface area contributed by atoms with E-state index in [1.165, 1.54) is 0 Å². The second-order valence-electron chi connectivity index (χ2n) is 7.38. The molecule has 2 aromatic rings. The van der Waals surface area contributed by atoms with Gasteiger partial charge in [-0.15, -0.1) is 0 Å². The molecule has 2 rings (SSSR count). The molecule has 0 heterocycles. The average Bonchev–Trinajstić information content (AvgIpc) is 2.73. The number of hydrogen-bond donors (Lipinski definition) is 1. The van der Waals surface area contributed by atoms with Crippen molar-refractivity contribution in [2.45, 2.75) is 65.1 Å². The van der Waals surface area contributed by atoms with Crippen molar-refractivity contribution in [2.24, 2.45) is 0 Å². The van der Waals surface area contributed by atoms with E-state index in [4.69, 9.17) is 11.6 Å². The van der Waals surface area contributed by atoms with E-state index >= 15 is 0 Å². The van der Waals surface area contributed by atoms with Gasteiger partial charge in [0.25, 0.3) is 0 Å². The minimum Gasteiger partial charge on any atom is -0.352 e. The van der Waals surface area contributed by atoms with Crippen LogP contribution in [0.4, 0.5) is 0 Å². The van der Waals surface area contributed by atoms with Crippen LogP contribution in [0.3, 0.4) is 0 Å². The highest BCUT2D eigenvalue weighted by atomic mass is 35.5. The second-order valence-corrected chi connectivity index (χ2v) is 7.81. The molecule has 0 radical (unpaired) electrons. The van der Waals surface area contributed by atoms with Crippen LogP contribution in [0.2, 0.25) is 5.02 Å². The first kappa shape index (κ1) is 23.0. The van der Waals surface area contributed by atoms with Gasteiger partial charge in [-0.1, -0.05) is 67.9 Å². The van der Waals surface area contributed by atoms with Crippen LogP contribution in [-0.4, -0.2) is 28.8 Å². The zero-order chi connectivity index (χ0) is 21.2. The normalized spacial score (nSPS) is 12.8. The highest BCUT2D eigenvalue weighted by Crippen LogP contribution is 2.17. The van der Waals surface area contributed by atoms with E-state index in [0.29, 0.717) is 30.8 Å². The molecule has 2 amide bonds. The van der Waals surface area contributed by atoms with Crippen molar-refractivity contribution < 1.29 is 9.59 Å². The summed E-state index contributed by atoms with van der Waals surface area (Å²) in [5.41, 5.74) is 2.07. The summed E-state index contributed by atoms with van der Waals surface area (Å²) >= 11 is 6.00. The number of rotatable bonds is 10. The third-order valence-electron chi connectivity index (χ3n) is 5.12. The zero-order valence-corrected chi connectivity index (χ0v) is 18.3. The molecule has 5 heteroatoms. The van der Waals surface area contributed by atoms with Gasteiger partial charge in [0.1, 0.15) is 6.04 Å². The number of benzene rings is 2. The van der Waals surface area contributed by atoms with Crippen LogP contribution >= 0.6 is 11.6 Å². The number of nitrogens with one attached hydrogen (secondary N) is 1. The molecule has 2 aromatic carbocycles.